The third-order valence-electron chi connectivity index (χ3n) is 4.25. The van der Waals surface area contributed by atoms with E-state index in [2.05, 4.69) is 22.6 Å². The SMILES string of the molecule is CCOC(=O)CN1C(=O)S/C(=C\c2ccc(OC(=O)c3ccccc3I)c(OC)c2)C1=O. The Labute approximate surface area is 202 Å². The number of methoxy groups -OCH3 is 1. The second kappa shape index (κ2) is 10.6. The van der Waals surface area contributed by atoms with E-state index in [0.717, 1.165) is 20.2 Å². The normalized spacial score (nSPS) is 14.6. The van der Waals surface area contributed by atoms with Crippen LogP contribution in [-0.4, -0.2) is 48.2 Å². The summed E-state index contributed by atoms with van der Waals surface area (Å²) in [6, 6.07) is 11.8. The summed E-state index contributed by atoms with van der Waals surface area (Å²) in [4.78, 5) is 49.8. The standard InChI is InChI=1S/C22H18INO7S/c1-3-30-19(25)12-24-20(26)18(32-22(24)28)11-13-8-9-16(17(10-13)29-2)31-21(27)14-6-4-5-7-15(14)23/h4-11H,3,12H2,1-2H3/b18-11-. The van der Waals surface area contributed by atoms with Gasteiger partial charge in [0.1, 0.15) is 6.54 Å². The number of benzene rings is 2. The maximum atomic E-state index is 12.5. The zero-order valence-corrected chi connectivity index (χ0v) is 20.1. The van der Waals surface area contributed by atoms with Crippen molar-refractivity contribution in [2.75, 3.05) is 20.3 Å². The van der Waals surface area contributed by atoms with Gasteiger partial charge < -0.3 is 14.2 Å². The number of carbonyl (C=O) groups excluding carboxylic acids is 4. The van der Waals surface area contributed by atoms with Crippen LogP contribution in [0.4, 0.5) is 4.79 Å². The topological polar surface area (TPSA) is 99.2 Å². The molecular formula is C22H18INO7S. The molecule has 0 atom stereocenters. The van der Waals surface area contributed by atoms with Gasteiger partial charge in [-0.15, -0.1) is 0 Å². The highest BCUT2D eigenvalue weighted by Crippen LogP contribution is 2.34. The van der Waals surface area contributed by atoms with Gasteiger partial charge in [-0.25, -0.2) is 4.79 Å². The van der Waals surface area contributed by atoms with Crippen molar-refractivity contribution in [2.24, 2.45) is 0 Å². The molecule has 0 N–H and O–H groups in total. The Bertz CT molecular complexity index is 1120. The van der Waals surface area contributed by atoms with Crippen molar-refractivity contribution in [3.05, 3.63) is 62.1 Å². The van der Waals surface area contributed by atoms with Crippen molar-refractivity contribution in [1.29, 1.82) is 0 Å². The van der Waals surface area contributed by atoms with Crippen LogP contribution in [0, 0.1) is 3.57 Å². The number of rotatable bonds is 7. The first kappa shape index (κ1) is 23.8. The molecule has 0 saturated carbocycles. The van der Waals surface area contributed by atoms with Crippen molar-refractivity contribution in [2.45, 2.75) is 6.92 Å². The lowest BCUT2D eigenvalue weighted by molar-refractivity contribution is -0.145. The number of imide groups is 1. The summed E-state index contributed by atoms with van der Waals surface area (Å²) in [5.74, 6) is -1.27. The molecule has 1 fully saturated rings. The monoisotopic (exact) mass is 567 g/mol. The number of ether oxygens (including phenoxy) is 3. The van der Waals surface area contributed by atoms with Gasteiger partial charge in [-0.05, 0) is 77.2 Å². The molecule has 8 nitrogen and oxygen atoms in total. The lowest BCUT2D eigenvalue weighted by atomic mass is 10.1. The molecule has 1 aliphatic rings. The largest absolute Gasteiger partial charge is 0.493 e. The summed E-state index contributed by atoms with van der Waals surface area (Å²) in [5, 5.41) is -0.552. The zero-order chi connectivity index (χ0) is 23.3. The first-order valence-corrected chi connectivity index (χ1v) is 11.3. The van der Waals surface area contributed by atoms with Crippen LogP contribution >= 0.6 is 34.4 Å². The Hall–Kier alpha value is -2.86. The maximum absolute atomic E-state index is 12.5. The van der Waals surface area contributed by atoms with E-state index in [1.165, 1.54) is 13.2 Å². The molecular weight excluding hydrogens is 549 g/mol. The second-order valence-electron chi connectivity index (χ2n) is 6.35. The van der Waals surface area contributed by atoms with Gasteiger partial charge in [0.05, 0.1) is 24.2 Å². The number of halogens is 1. The van der Waals surface area contributed by atoms with Gasteiger partial charge in [-0.2, -0.15) is 0 Å². The Morgan fingerprint density at radius 2 is 1.88 bits per heavy atom. The quantitative estimate of drug-likeness (QED) is 0.213. The molecule has 3 rings (SSSR count). The molecule has 0 radical (unpaired) electrons. The van der Waals surface area contributed by atoms with Crippen molar-refractivity contribution >= 4 is 63.5 Å². The Kier molecular flexibility index (Phi) is 7.91. The van der Waals surface area contributed by atoms with Gasteiger partial charge in [-0.1, -0.05) is 18.2 Å². The lowest BCUT2D eigenvalue weighted by Gasteiger charge is -2.11. The Morgan fingerprint density at radius 1 is 1.12 bits per heavy atom. The van der Waals surface area contributed by atoms with E-state index in [-0.39, 0.29) is 23.0 Å². The average Bonchev–Trinajstić information content (AvgIpc) is 3.02. The number of thioether (sulfide) groups is 1. The van der Waals surface area contributed by atoms with E-state index in [9.17, 15) is 19.2 Å². The van der Waals surface area contributed by atoms with Crippen LogP contribution in [-0.2, 0) is 14.3 Å². The van der Waals surface area contributed by atoms with Crippen LogP contribution < -0.4 is 9.47 Å². The number of nitrogens with zero attached hydrogens (tertiary/aromatic N) is 1. The van der Waals surface area contributed by atoms with Crippen LogP contribution in [0.15, 0.2) is 47.4 Å². The zero-order valence-electron chi connectivity index (χ0n) is 17.1. The Morgan fingerprint density at radius 3 is 2.56 bits per heavy atom. The third kappa shape index (κ3) is 5.49. The fraction of sp³-hybridized carbons (Fsp3) is 0.182. The number of carbonyl (C=O) groups is 4. The van der Waals surface area contributed by atoms with Gasteiger partial charge in [0.2, 0.25) is 0 Å². The summed E-state index contributed by atoms with van der Waals surface area (Å²) in [7, 11) is 1.43. The highest BCUT2D eigenvalue weighted by Gasteiger charge is 2.36. The van der Waals surface area contributed by atoms with Crippen molar-refractivity contribution in [3.63, 3.8) is 0 Å². The van der Waals surface area contributed by atoms with Crippen LogP contribution in [0.1, 0.15) is 22.8 Å². The first-order valence-electron chi connectivity index (χ1n) is 9.39. The molecule has 32 heavy (non-hydrogen) atoms. The summed E-state index contributed by atoms with van der Waals surface area (Å²) in [6.07, 6.45) is 1.50. The second-order valence-corrected chi connectivity index (χ2v) is 8.51. The molecule has 1 aliphatic heterocycles. The fourth-order valence-electron chi connectivity index (χ4n) is 2.76. The molecule has 2 aromatic carbocycles. The van der Waals surface area contributed by atoms with Gasteiger partial charge in [-0.3, -0.25) is 19.3 Å². The molecule has 166 valence electrons. The molecule has 0 spiro atoms. The van der Waals surface area contributed by atoms with Crippen molar-refractivity contribution < 1.29 is 33.4 Å². The minimum absolute atomic E-state index is 0.157. The minimum Gasteiger partial charge on any atom is -0.493 e. The van der Waals surface area contributed by atoms with E-state index in [4.69, 9.17) is 14.2 Å². The smallest absolute Gasteiger partial charge is 0.344 e. The van der Waals surface area contributed by atoms with E-state index >= 15 is 0 Å². The van der Waals surface area contributed by atoms with Crippen LogP contribution in [0.3, 0.4) is 0 Å². The number of amides is 2. The van der Waals surface area contributed by atoms with Gasteiger partial charge >= 0.3 is 11.9 Å². The molecule has 2 aromatic rings. The summed E-state index contributed by atoms with van der Waals surface area (Å²) in [5.41, 5.74) is 0.979. The van der Waals surface area contributed by atoms with Crippen LogP contribution in [0.2, 0.25) is 0 Å². The molecule has 2 amide bonds. The summed E-state index contributed by atoms with van der Waals surface area (Å²) in [6.45, 7) is 1.36. The molecule has 0 aromatic heterocycles. The highest BCUT2D eigenvalue weighted by atomic mass is 127. The van der Waals surface area contributed by atoms with Crippen molar-refractivity contribution in [1.82, 2.24) is 4.90 Å². The molecule has 1 heterocycles. The minimum atomic E-state index is -0.656. The van der Waals surface area contributed by atoms with Crippen LogP contribution in [0.5, 0.6) is 11.5 Å². The maximum Gasteiger partial charge on any atom is 0.344 e. The van der Waals surface area contributed by atoms with E-state index in [0.29, 0.717) is 11.1 Å². The fourth-order valence-corrected chi connectivity index (χ4v) is 4.21. The molecule has 10 heteroatoms. The van der Waals surface area contributed by atoms with E-state index < -0.39 is 29.6 Å². The van der Waals surface area contributed by atoms with Gasteiger partial charge in [0.25, 0.3) is 11.1 Å². The lowest BCUT2D eigenvalue weighted by Crippen LogP contribution is -2.34. The number of esters is 2. The van der Waals surface area contributed by atoms with Crippen LogP contribution in [0.25, 0.3) is 6.08 Å². The molecule has 0 unspecified atom stereocenters. The summed E-state index contributed by atoms with van der Waals surface area (Å²) < 4.78 is 16.4. The molecule has 1 saturated heterocycles. The first-order chi connectivity index (χ1) is 15.3. The highest BCUT2D eigenvalue weighted by molar-refractivity contribution is 14.1. The molecule has 0 aliphatic carbocycles. The number of hydrogen-bond acceptors (Lipinski definition) is 8. The predicted octanol–water partition coefficient (Wildman–Crippen LogP) is 4.12. The average molecular weight is 567 g/mol. The summed E-state index contributed by atoms with van der Waals surface area (Å²) >= 11 is 2.78. The van der Waals surface area contributed by atoms with E-state index in [1.807, 2.05) is 6.07 Å². The van der Waals surface area contributed by atoms with E-state index in [1.54, 1.807) is 43.3 Å². The van der Waals surface area contributed by atoms with Gasteiger partial charge in [0, 0.05) is 3.57 Å². The van der Waals surface area contributed by atoms with Gasteiger partial charge in [0.15, 0.2) is 11.5 Å². The molecule has 0 bridgehead atoms. The van der Waals surface area contributed by atoms with Crippen molar-refractivity contribution in [3.8, 4) is 11.5 Å². The number of hydrogen-bond donors (Lipinski definition) is 0. The third-order valence-corrected chi connectivity index (χ3v) is 6.10. The Balaban J connectivity index is 1.78. The predicted molar refractivity (Wildman–Crippen MR) is 126 cm³/mol.